The third-order valence-electron chi connectivity index (χ3n) is 4.13. The van der Waals surface area contributed by atoms with Crippen LogP contribution < -0.4 is 20.9 Å². The summed E-state index contributed by atoms with van der Waals surface area (Å²) in [6.07, 6.45) is -0.731. The van der Waals surface area contributed by atoms with E-state index < -0.39 is 6.29 Å². The van der Waals surface area contributed by atoms with Crippen LogP contribution in [0.15, 0.2) is 72.8 Å². The van der Waals surface area contributed by atoms with E-state index in [0.29, 0.717) is 22.6 Å². The summed E-state index contributed by atoms with van der Waals surface area (Å²) in [5.41, 5.74) is 14.2. The maximum absolute atomic E-state index is 7.60. The number of aryl methyl sites for hydroxylation is 1. The van der Waals surface area contributed by atoms with Crippen LogP contribution >= 0.6 is 24.8 Å². The van der Waals surface area contributed by atoms with Gasteiger partial charge in [0, 0.05) is 16.7 Å². The molecule has 0 unspecified atom stereocenters. The molecule has 0 aliphatic heterocycles. The van der Waals surface area contributed by atoms with Crippen LogP contribution in [-0.4, -0.2) is 11.7 Å². The van der Waals surface area contributed by atoms with Gasteiger partial charge in [-0.25, -0.2) is 0 Å². The summed E-state index contributed by atoms with van der Waals surface area (Å²) >= 11 is 0. The second-order valence-electron chi connectivity index (χ2n) is 6.36. The van der Waals surface area contributed by atoms with Gasteiger partial charge in [0.1, 0.15) is 23.2 Å². The summed E-state index contributed by atoms with van der Waals surface area (Å²) in [5, 5.41) is 15.2. The Balaban J connectivity index is 0.00000225. The van der Waals surface area contributed by atoms with Gasteiger partial charge in [0.2, 0.25) is 0 Å². The van der Waals surface area contributed by atoms with Gasteiger partial charge >= 0.3 is 0 Å². The highest BCUT2D eigenvalue weighted by molar-refractivity contribution is 5.95. The summed E-state index contributed by atoms with van der Waals surface area (Å²) in [6, 6.07) is 21.8. The maximum atomic E-state index is 7.60. The summed E-state index contributed by atoms with van der Waals surface area (Å²) in [6.45, 7) is 2.01. The number of hydrogen-bond acceptors (Lipinski definition) is 4. The van der Waals surface area contributed by atoms with Crippen molar-refractivity contribution in [3.8, 4) is 11.5 Å². The first-order valence-corrected chi connectivity index (χ1v) is 8.71. The Morgan fingerprint density at radius 2 is 1.17 bits per heavy atom. The molecule has 0 atom stereocenters. The van der Waals surface area contributed by atoms with E-state index in [-0.39, 0.29) is 36.5 Å². The van der Waals surface area contributed by atoms with Crippen molar-refractivity contribution in [2.45, 2.75) is 13.2 Å². The van der Waals surface area contributed by atoms with Gasteiger partial charge in [0.15, 0.2) is 0 Å². The van der Waals surface area contributed by atoms with Gasteiger partial charge in [-0.15, -0.1) is 24.8 Å². The number of rotatable bonds is 7. The van der Waals surface area contributed by atoms with Gasteiger partial charge < -0.3 is 20.9 Å². The number of ether oxygens (including phenoxy) is 2. The fourth-order valence-corrected chi connectivity index (χ4v) is 2.60. The lowest BCUT2D eigenvalue weighted by atomic mass is 10.1. The maximum Gasteiger partial charge on any atom is 0.267 e. The Hall–Kier alpha value is -3.22. The predicted octanol–water partition coefficient (Wildman–Crippen LogP) is 4.56. The standard InChI is InChI=1S/C22H22N4O2.2ClH/c1-14-8-10-15(11-9-14)22(27-18-6-2-4-16(12-18)20(23)24)28-19-7-3-5-17(13-19)21(25)26;;/h2-13,22H,1H3,(H3,23,24)(H3,25,26);2*1H. The van der Waals surface area contributed by atoms with Crippen LogP contribution in [0.4, 0.5) is 0 Å². The molecular formula is C22H24Cl2N4O2. The minimum absolute atomic E-state index is 0. The summed E-state index contributed by atoms with van der Waals surface area (Å²) in [4.78, 5) is 0. The SMILES string of the molecule is Cc1ccc(C(Oc2cccc(C(=N)N)c2)Oc2cccc(C(=N)N)c2)cc1.Cl.Cl. The molecule has 6 N–H and O–H groups in total. The van der Waals surface area contributed by atoms with Crippen LogP contribution in [0.5, 0.6) is 11.5 Å². The number of benzene rings is 3. The van der Waals surface area contributed by atoms with Gasteiger partial charge in [-0.2, -0.15) is 0 Å². The molecule has 0 bridgehead atoms. The van der Waals surface area contributed by atoms with E-state index in [4.69, 9.17) is 31.8 Å². The number of halogens is 2. The lowest BCUT2D eigenvalue weighted by molar-refractivity contribution is 0.00379. The first-order chi connectivity index (χ1) is 13.4. The van der Waals surface area contributed by atoms with Crippen LogP contribution in [0.3, 0.4) is 0 Å². The fraction of sp³-hybridized carbons (Fsp3) is 0.0909. The third-order valence-corrected chi connectivity index (χ3v) is 4.13. The zero-order valence-corrected chi connectivity index (χ0v) is 17.9. The van der Waals surface area contributed by atoms with Crippen molar-refractivity contribution < 1.29 is 9.47 Å². The summed E-state index contributed by atoms with van der Waals surface area (Å²) in [5.74, 6) is 0.988. The van der Waals surface area contributed by atoms with Gasteiger partial charge in [-0.1, -0.05) is 54.1 Å². The molecule has 0 aliphatic rings. The van der Waals surface area contributed by atoms with Crippen molar-refractivity contribution in [1.29, 1.82) is 10.8 Å². The molecule has 0 saturated carbocycles. The van der Waals surface area contributed by atoms with E-state index in [1.165, 1.54) is 0 Å². The highest BCUT2D eigenvalue weighted by atomic mass is 35.5. The molecule has 0 aliphatic carbocycles. The Bertz CT molecular complexity index is 951. The number of amidine groups is 2. The molecule has 30 heavy (non-hydrogen) atoms. The number of nitrogens with two attached hydrogens (primary N) is 2. The molecule has 0 spiro atoms. The Labute approximate surface area is 188 Å². The minimum atomic E-state index is -0.731. The van der Waals surface area contributed by atoms with Crippen molar-refractivity contribution in [3.05, 3.63) is 95.1 Å². The van der Waals surface area contributed by atoms with Gasteiger partial charge in [0.25, 0.3) is 6.29 Å². The monoisotopic (exact) mass is 446 g/mol. The topological polar surface area (TPSA) is 118 Å². The molecule has 0 radical (unpaired) electrons. The molecule has 3 rings (SSSR count). The van der Waals surface area contributed by atoms with Gasteiger partial charge in [-0.3, -0.25) is 10.8 Å². The normalized spacial score (nSPS) is 10.7. The van der Waals surface area contributed by atoms with Crippen LogP contribution in [0.1, 0.15) is 28.5 Å². The van der Waals surface area contributed by atoms with Crippen molar-refractivity contribution in [1.82, 2.24) is 0 Å². The zero-order valence-electron chi connectivity index (χ0n) is 16.3. The number of hydrogen-bond donors (Lipinski definition) is 4. The van der Waals surface area contributed by atoms with Crippen LogP contribution in [-0.2, 0) is 0 Å². The Kier molecular flexibility index (Phi) is 9.17. The lowest BCUT2D eigenvalue weighted by Gasteiger charge is -2.22. The smallest absolute Gasteiger partial charge is 0.267 e. The molecule has 0 fully saturated rings. The van der Waals surface area contributed by atoms with E-state index in [9.17, 15) is 0 Å². The molecule has 3 aromatic rings. The van der Waals surface area contributed by atoms with Crippen LogP contribution in [0.25, 0.3) is 0 Å². The fourth-order valence-electron chi connectivity index (χ4n) is 2.60. The largest absolute Gasteiger partial charge is 0.451 e. The highest BCUT2D eigenvalue weighted by Crippen LogP contribution is 2.27. The van der Waals surface area contributed by atoms with E-state index in [0.717, 1.165) is 11.1 Å². The molecule has 6 nitrogen and oxygen atoms in total. The van der Waals surface area contributed by atoms with Crippen LogP contribution in [0, 0.1) is 17.7 Å². The molecule has 158 valence electrons. The average Bonchev–Trinajstić information content (AvgIpc) is 2.68. The molecule has 0 heterocycles. The zero-order chi connectivity index (χ0) is 20.1. The second kappa shape index (κ2) is 11.1. The summed E-state index contributed by atoms with van der Waals surface area (Å²) in [7, 11) is 0. The summed E-state index contributed by atoms with van der Waals surface area (Å²) < 4.78 is 12.2. The van der Waals surface area contributed by atoms with Crippen molar-refractivity contribution >= 4 is 36.5 Å². The van der Waals surface area contributed by atoms with E-state index in [1.807, 2.05) is 31.2 Å². The molecule has 0 aromatic heterocycles. The molecule has 0 saturated heterocycles. The van der Waals surface area contributed by atoms with E-state index >= 15 is 0 Å². The van der Waals surface area contributed by atoms with Crippen molar-refractivity contribution in [2.75, 3.05) is 0 Å². The van der Waals surface area contributed by atoms with Crippen LogP contribution in [0.2, 0.25) is 0 Å². The third kappa shape index (κ3) is 6.40. The number of nitrogen functional groups attached to an aromatic ring is 2. The minimum Gasteiger partial charge on any atom is -0.451 e. The van der Waals surface area contributed by atoms with Gasteiger partial charge in [0.05, 0.1) is 0 Å². The van der Waals surface area contributed by atoms with E-state index in [1.54, 1.807) is 48.5 Å². The Morgan fingerprint density at radius 3 is 1.57 bits per heavy atom. The first kappa shape index (κ1) is 24.8. The highest BCUT2D eigenvalue weighted by Gasteiger charge is 2.16. The van der Waals surface area contributed by atoms with Crippen molar-refractivity contribution in [3.63, 3.8) is 0 Å². The van der Waals surface area contributed by atoms with E-state index in [2.05, 4.69) is 0 Å². The molecule has 3 aromatic carbocycles. The number of nitrogens with one attached hydrogen (secondary N) is 2. The van der Waals surface area contributed by atoms with Gasteiger partial charge in [-0.05, 0) is 31.2 Å². The lowest BCUT2D eigenvalue weighted by Crippen LogP contribution is -2.17. The van der Waals surface area contributed by atoms with Crippen molar-refractivity contribution in [2.24, 2.45) is 11.5 Å². The molecule has 8 heteroatoms. The second-order valence-corrected chi connectivity index (χ2v) is 6.36. The predicted molar refractivity (Wildman–Crippen MR) is 125 cm³/mol. The first-order valence-electron chi connectivity index (χ1n) is 8.71. The molecular weight excluding hydrogens is 423 g/mol. The average molecular weight is 447 g/mol. The molecule has 0 amide bonds. The Morgan fingerprint density at radius 1 is 0.733 bits per heavy atom. The quantitative estimate of drug-likeness (QED) is 0.241.